The fourth-order valence-electron chi connectivity index (χ4n) is 3.81. The number of benzene rings is 2. The zero-order valence-corrected chi connectivity index (χ0v) is 19.8. The third-order valence-corrected chi connectivity index (χ3v) is 7.23. The maximum atomic E-state index is 13.7. The zero-order chi connectivity index (χ0) is 25.2. The summed E-state index contributed by atoms with van der Waals surface area (Å²) in [6.45, 7) is 0. The molecular formula is C25H22N2O7S. The van der Waals surface area contributed by atoms with Gasteiger partial charge in [0.15, 0.2) is 17.3 Å². The molecule has 0 bridgehead atoms. The number of ketones is 1. The zero-order valence-electron chi connectivity index (χ0n) is 19.0. The molecule has 9 nitrogen and oxygen atoms in total. The minimum Gasteiger partial charge on any atom is -0.493 e. The van der Waals surface area contributed by atoms with Crippen LogP contribution in [0.1, 0.15) is 27.9 Å². The molecule has 10 heteroatoms. The standard InChI is InChI=1S/C25H22N2O7S/c1-33-22-13-20-18(6-7-24(28)29)15-27(21(20)14-23(22)34-2)35(31,32)19-5-3-4-17(12-19)25(30)16-8-10-26-11-9-16/h3-5,8-15H,6-7H2,1-2H3,(H,28,29). The summed E-state index contributed by atoms with van der Waals surface area (Å²) in [6, 6.07) is 12.0. The van der Waals surface area contributed by atoms with Crippen LogP contribution < -0.4 is 9.47 Å². The largest absolute Gasteiger partial charge is 0.493 e. The van der Waals surface area contributed by atoms with Gasteiger partial charge in [0.25, 0.3) is 10.0 Å². The lowest BCUT2D eigenvalue weighted by atomic mass is 10.1. The minimum absolute atomic E-state index is 0.0890. The number of aryl methyl sites for hydroxylation is 1. The van der Waals surface area contributed by atoms with Crippen LogP contribution in [-0.2, 0) is 21.2 Å². The van der Waals surface area contributed by atoms with Gasteiger partial charge >= 0.3 is 5.97 Å². The summed E-state index contributed by atoms with van der Waals surface area (Å²) in [4.78, 5) is 27.8. The van der Waals surface area contributed by atoms with Crippen LogP contribution in [0.3, 0.4) is 0 Å². The van der Waals surface area contributed by atoms with E-state index in [1.807, 2.05) is 0 Å². The first-order chi connectivity index (χ1) is 16.8. The fourth-order valence-corrected chi connectivity index (χ4v) is 5.24. The summed E-state index contributed by atoms with van der Waals surface area (Å²) in [6.07, 6.45) is 4.31. The van der Waals surface area contributed by atoms with Gasteiger partial charge in [0, 0.05) is 47.6 Å². The first-order valence-corrected chi connectivity index (χ1v) is 12.0. The van der Waals surface area contributed by atoms with Gasteiger partial charge < -0.3 is 14.6 Å². The second kappa shape index (κ2) is 9.59. The highest BCUT2D eigenvalue weighted by molar-refractivity contribution is 7.90. The Kier molecular flexibility index (Phi) is 6.57. The maximum Gasteiger partial charge on any atom is 0.303 e. The monoisotopic (exact) mass is 494 g/mol. The molecule has 0 amide bonds. The molecule has 35 heavy (non-hydrogen) atoms. The molecule has 2 heterocycles. The highest BCUT2D eigenvalue weighted by Crippen LogP contribution is 2.36. The van der Waals surface area contributed by atoms with E-state index in [0.29, 0.717) is 33.5 Å². The van der Waals surface area contributed by atoms with E-state index in [9.17, 15) is 18.0 Å². The van der Waals surface area contributed by atoms with Crippen LogP contribution in [0.25, 0.3) is 10.9 Å². The molecule has 0 aliphatic rings. The molecule has 0 radical (unpaired) electrons. The topological polar surface area (TPSA) is 125 Å². The first kappa shape index (κ1) is 24.0. The van der Waals surface area contributed by atoms with Crippen LogP contribution in [-0.4, -0.2) is 48.5 Å². The Balaban J connectivity index is 1.86. The highest BCUT2D eigenvalue weighted by Gasteiger charge is 2.24. The average molecular weight is 495 g/mol. The SMILES string of the molecule is COc1cc2c(CCC(=O)O)cn(S(=O)(=O)c3cccc(C(=O)c4ccncc4)c3)c2cc1OC. The minimum atomic E-state index is -4.16. The number of ether oxygens (including phenoxy) is 2. The molecular weight excluding hydrogens is 472 g/mol. The Labute approximate surface area is 201 Å². The van der Waals surface area contributed by atoms with E-state index in [-0.39, 0.29) is 29.1 Å². The van der Waals surface area contributed by atoms with Gasteiger partial charge in [0.1, 0.15) is 0 Å². The normalized spacial score (nSPS) is 11.4. The second-order valence-electron chi connectivity index (χ2n) is 7.67. The molecule has 4 rings (SSSR count). The van der Waals surface area contributed by atoms with Gasteiger partial charge in [0.05, 0.1) is 24.6 Å². The molecule has 0 fully saturated rings. The van der Waals surface area contributed by atoms with Gasteiger partial charge in [-0.1, -0.05) is 12.1 Å². The van der Waals surface area contributed by atoms with Crippen molar-refractivity contribution < 1.29 is 32.6 Å². The van der Waals surface area contributed by atoms with Crippen molar-refractivity contribution in [3.8, 4) is 11.5 Å². The van der Waals surface area contributed by atoms with Crippen molar-refractivity contribution in [2.24, 2.45) is 0 Å². The van der Waals surface area contributed by atoms with Crippen molar-refractivity contribution in [3.63, 3.8) is 0 Å². The number of carboxylic acids is 1. The van der Waals surface area contributed by atoms with Gasteiger partial charge in [-0.15, -0.1) is 0 Å². The number of hydrogen-bond acceptors (Lipinski definition) is 7. The Morgan fingerprint density at radius 2 is 1.66 bits per heavy atom. The van der Waals surface area contributed by atoms with Crippen molar-refractivity contribution in [1.82, 2.24) is 8.96 Å². The van der Waals surface area contributed by atoms with E-state index < -0.39 is 16.0 Å². The lowest BCUT2D eigenvalue weighted by molar-refractivity contribution is -0.136. The molecule has 0 aliphatic heterocycles. The Hall–Kier alpha value is -4.18. The van der Waals surface area contributed by atoms with E-state index in [0.717, 1.165) is 3.97 Å². The number of fused-ring (bicyclic) bond motifs is 1. The Morgan fingerprint density at radius 1 is 0.971 bits per heavy atom. The Morgan fingerprint density at radius 3 is 2.31 bits per heavy atom. The quantitative estimate of drug-likeness (QED) is 0.350. The number of carbonyl (C=O) groups is 2. The lowest BCUT2D eigenvalue weighted by Gasteiger charge is -2.11. The number of hydrogen-bond donors (Lipinski definition) is 1. The van der Waals surface area contributed by atoms with Gasteiger partial charge in [0.2, 0.25) is 0 Å². The van der Waals surface area contributed by atoms with Crippen molar-refractivity contribution in [2.75, 3.05) is 14.2 Å². The van der Waals surface area contributed by atoms with Crippen LogP contribution in [0.5, 0.6) is 11.5 Å². The number of nitrogens with zero attached hydrogens (tertiary/aromatic N) is 2. The summed E-state index contributed by atoms with van der Waals surface area (Å²) in [5, 5.41) is 9.67. The third-order valence-electron chi connectivity index (χ3n) is 5.56. The number of carbonyl (C=O) groups excluding carboxylic acids is 1. The highest BCUT2D eigenvalue weighted by atomic mass is 32.2. The molecule has 2 aromatic carbocycles. The second-order valence-corrected chi connectivity index (χ2v) is 9.48. The molecule has 180 valence electrons. The third kappa shape index (κ3) is 4.60. The number of methoxy groups -OCH3 is 2. The number of pyridine rings is 1. The molecule has 1 N–H and O–H groups in total. The molecule has 2 aromatic heterocycles. The molecule has 0 unspecified atom stereocenters. The van der Waals surface area contributed by atoms with E-state index in [1.54, 1.807) is 24.3 Å². The van der Waals surface area contributed by atoms with E-state index in [2.05, 4.69) is 4.98 Å². The maximum absolute atomic E-state index is 13.7. The predicted octanol–water partition coefficient (Wildman–Crippen LogP) is 3.54. The van der Waals surface area contributed by atoms with Crippen molar-refractivity contribution in [1.29, 1.82) is 0 Å². The number of aromatic nitrogens is 2. The van der Waals surface area contributed by atoms with Gasteiger partial charge in [-0.25, -0.2) is 12.4 Å². The van der Waals surface area contributed by atoms with Gasteiger partial charge in [-0.05, 0) is 42.3 Å². The number of rotatable bonds is 9. The van der Waals surface area contributed by atoms with Crippen LogP contribution in [0, 0.1) is 0 Å². The van der Waals surface area contributed by atoms with E-state index in [1.165, 1.54) is 57.1 Å². The molecule has 0 saturated carbocycles. The summed E-state index contributed by atoms with van der Waals surface area (Å²) >= 11 is 0. The number of carboxylic acid groups (broad SMARTS) is 1. The van der Waals surface area contributed by atoms with E-state index >= 15 is 0 Å². The molecule has 0 atom stereocenters. The average Bonchev–Trinajstić information content (AvgIpc) is 3.24. The van der Waals surface area contributed by atoms with Crippen molar-refractivity contribution >= 4 is 32.7 Å². The van der Waals surface area contributed by atoms with Crippen LogP contribution in [0.15, 0.2) is 72.0 Å². The summed E-state index contributed by atoms with van der Waals surface area (Å²) in [5.41, 5.74) is 1.41. The Bertz CT molecular complexity index is 1530. The van der Waals surface area contributed by atoms with Gasteiger partial charge in [-0.3, -0.25) is 14.6 Å². The smallest absolute Gasteiger partial charge is 0.303 e. The lowest BCUT2D eigenvalue weighted by Crippen LogP contribution is -2.13. The summed E-state index contributed by atoms with van der Waals surface area (Å²) in [7, 11) is -1.26. The van der Waals surface area contributed by atoms with Crippen LogP contribution >= 0.6 is 0 Å². The fraction of sp³-hybridized carbons (Fsp3) is 0.160. The van der Waals surface area contributed by atoms with Crippen molar-refractivity contribution in [2.45, 2.75) is 17.7 Å². The van der Waals surface area contributed by atoms with Gasteiger partial charge in [-0.2, -0.15) is 0 Å². The molecule has 0 saturated heterocycles. The molecule has 4 aromatic rings. The van der Waals surface area contributed by atoms with Crippen LogP contribution in [0.4, 0.5) is 0 Å². The van der Waals surface area contributed by atoms with E-state index in [4.69, 9.17) is 14.6 Å². The number of aliphatic carboxylic acids is 1. The molecule has 0 spiro atoms. The summed E-state index contributed by atoms with van der Waals surface area (Å²) < 4.78 is 39.2. The van der Waals surface area contributed by atoms with Crippen molar-refractivity contribution in [3.05, 3.63) is 83.8 Å². The molecule has 0 aliphatic carbocycles. The first-order valence-electron chi connectivity index (χ1n) is 10.5. The summed E-state index contributed by atoms with van der Waals surface area (Å²) in [5.74, 6) is -0.635. The van der Waals surface area contributed by atoms with Crippen LogP contribution in [0.2, 0.25) is 0 Å². The predicted molar refractivity (Wildman–Crippen MR) is 128 cm³/mol.